The van der Waals surface area contributed by atoms with E-state index in [1.165, 1.54) is 29.5 Å². The highest BCUT2D eigenvalue weighted by atomic mass is 16.1. The van der Waals surface area contributed by atoms with Crippen LogP contribution in [0, 0.1) is 0 Å². The van der Waals surface area contributed by atoms with Crippen LogP contribution in [0.4, 0.5) is 0 Å². The van der Waals surface area contributed by atoms with Crippen LogP contribution in [0.1, 0.15) is 53.7 Å². The number of carbonyl (C=O) groups excluding carboxylic acids is 1. The molecule has 0 fully saturated rings. The van der Waals surface area contributed by atoms with Crippen molar-refractivity contribution in [2.24, 2.45) is 0 Å². The van der Waals surface area contributed by atoms with Crippen LogP contribution < -0.4 is 0 Å². The molecular formula is C21H27NO. The first-order valence-electron chi connectivity index (χ1n) is 8.44. The molecule has 0 saturated heterocycles. The molecule has 0 radical (unpaired) electrons. The molecule has 0 atom stereocenters. The van der Waals surface area contributed by atoms with Crippen molar-refractivity contribution in [1.29, 1.82) is 0 Å². The van der Waals surface area contributed by atoms with Crippen LogP contribution in [-0.2, 0) is 13.0 Å². The van der Waals surface area contributed by atoms with Crippen LogP contribution in [0.3, 0.4) is 0 Å². The van der Waals surface area contributed by atoms with E-state index < -0.39 is 0 Å². The van der Waals surface area contributed by atoms with Gasteiger partial charge in [-0.25, -0.2) is 0 Å². The fourth-order valence-electron chi connectivity index (χ4n) is 2.67. The van der Waals surface area contributed by atoms with Crippen molar-refractivity contribution in [3.63, 3.8) is 0 Å². The highest BCUT2D eigenvalue weighted by molar-refractivity contribution is 5.94. The fraction of sp³-hybridized carbons (Fsp3) is 0.381. The molecule has 0 aliphatic rings. The molecular weight excluding hydrogens is 282 g/mol. The van der Waals surface area contributed by atoms with Crippen LogP contribution in [-0.4, -0.2) is 24.3 Å². The van der Waals surface area contributed by atoms with Crippen LogP contribution in [0.2, 0.25) is 0 Å². The average Bonchev–Trinajstić information content (AvgIpc) is 2.55. The summed E-state index contributed by atoms with van der Waals surface area (Å²) in [6.07, 6.45) is 3.40. The largest absolute Gasteiger partial charge is 0.302 e. The van der Waals surface area contributed by atoms with Gasteiger partial charge in [-0.1, -0.05) is 61.9 Å². The van der Waals surface area contributed by atoms with E-state index in [4.69, 9.17) is 0 Å². The summed E-state index contributed by atoms with van der Waals surface area (Å²) < 4.78 is 0. The van der Waals surface area contributed by atoms with Gasteiger partial charge in [0, 0.05) is 12.1 Å². The zero-order valence-corrected chi connectivity index (χ0v) is 14.5. The van der Waals surface area contributed by atoms with Crippen molar-refractivity contribution in [3.8, 4) is 0 Å². The Hall–Kier alpha value is -1.93. The molecule has 0 aliphatic carbocycles. The van der Waals surface area contributed by atoms with Gasteiger partial charge in [-0.3, -0.25) is 4.79 Å². The highest BCUT2D eigenvalue weighted by Crippen LogP contribution is 2.13. The number of hydrogen-bond donors (Lipinski definition) is 0. The summed E-state index contributed by atoms with van der Waals surface area (Å²) in [4.78, 5) is 13.7. The Morgan fingerprint density at radius 3 is 1.96 bits per heavy atom. The Balaban J connectivity index is 1.93. The molecule has 2 heteroatoms. The zero-order valence-electron chi connectivity index (χ0n) is 14.5. The fourth-order valence-corrected chi connectivity index (χ4v) is 2.67. The third kappa shape index (κ3) is 5.65. The van der Waals surface area contributed by atoms with Crippen LogP contribution in [0.5, 0.6) is 0 Å². The predicted octanol–water partition coefficient (Wildman–Crippen LogP) is 4.71. The lowest BCUT2D eigenvalue weighted by Crippen LogP contribution is -2.18. The Morgan fingerprint density at radius 1 is 0.913 bits per heavy atom. The summed E-state index contributed by atoms with van der Waals surface area (Å²) in [5.41, 5.74) is 4.68. The Bertz CT molecular complexity index is 613. The van der Waals surface area contributed by atoms with Crippen molar-refractivity contribution in [2.75, 3.05) is 13.6 Å². The van der Waals surface area contributed by atoms with Crippen LogP contribution in [0.25, 0.3) is 0 Å². The number of unbranched alkanes of at least 4 members (excludes halogenated alkanes) is 1. The van der Waals surface area contributed by atoms with E-state index in [1.54, 1.807) is 6.92 Å². The first kappa shape index (κ1) is 17.4. The molecule has 0 aliphatic heterocycles. The average molecular weight is 309 g/mol. The monoisotopic (exact) mass is 309 g/mol. The van der Waals surface area contributed by atoms with E-state index in [0.717, 1.165) is 25.1 Å². The summed E-state index contributed by atoms with van der Waals surface area (Å²) in [7, 11) is 2.18. The van der Waals surface area contributed by atoms with Crippen LogP contribution >= 0.6 is 0 Å². The van der Waals surface area contributed by atoms with Gasteiger partial charge in [0.2, 0.25) is 0 Å². The zero-order chi connectivity index (χ0) is 16.7. The Labute approximate surface area is 140 Å². The van der Waals surface area contributed by atoms with Gasteiger partial charge in [-0.05, 0) is 50.0 Å². The number of carbonyl (C=O) groups is 1. The van der Waals surface area contributed by atoms with Gasteiger partial charge >= 0.3 is 0 Å². The number of benzene rings is 2. The molecule has 0 saturated carbocycles. The van der Waals surface area contributed by atoms with E-state index in [1.807, 2.05) is 24.3 Å². The minimum absolute atomic E-state index is 0.119. The molecule has 2 aromatic rings. The quantitative estimate of drug-likeness (QED) is 0.658. The van der Waals surface area contributed by atoms with E-state index in [2.05, 4.69) is 43.1 Å². The molecule has 0 unspecified atom stereocenters. The van der Waals surface area contributed by atoms with Crippen molar-refractivity contribution in [1.82, 2.24) is 4.90 Å². The maximum atomic E-state index is 11.3. The number of ketones is 1. The van der Waals surface area contributed by atoms with Gasteiger partial charge in [-0.2, -0.15) is 0 Å². The molecule has 0 aromatic heterocycles. The molecule has 23 heavy (non-hydrogen) atoms. The maximum Gasteiger partial charge on any atom is 0.159 e. The van der Waals surface area contributed by atoms with E-state index in [-0.39, 0.29) is 5.78 Å². The summed E-state index contributed by atoms with van der Waals surface area (Å²) in [5, 5.41) is 0. The van der Waals surface area contributed by atoms with Crippen molar-refractivity contribution >= 4 is 5.78 Å². The van der Waals surface area contributed by atoms with Crippen molar-refractivity contribution in [3.05, 3.63) is 70.8 Å². The second-order valence-corrected chi connectivity index (χ2v) is 6.34. The molecule has 2 nitrogen and oxygen atoms in total. The molecule has 0 N–H and O–H groups in total. The third-order valence-corrected chi connectivity index (χ3v) is 4.14. The summed E-state index contributed by atoms with van der Waals surface area (Å²) in [6, 6.07) is 16.8. The van der Waals surface area contributed by atoms with E-state index >= 15 is 0 Å². The molecule has 0 bridgehead atoms. The van der Waals surface area contributed by atoms with E-state index in [9.17, 15) is 4.79 Å². The van der Waals surface area contributed by atoms with Gasteiger partial charge in [0.1, 0.15) is 0 Å². The summed E-state index contributed by atoms with van der Waals surface area (Å²) in [5.74, 6) is 0.119. The first-order chi connectivity index (χ1) is 11.1. The number of rotatable bonds is 8. The predicted molar refractivity (Wildman–Crippen MR) is 96.9 cm³/mol. The topological polar surface area (TPSA) is 20.3 Å². The SMILES string of the molecule is CCCCN(C)Cc1ccc(Cc2ccc(C(C)=O)cc2)cc1. The summed E-state index contributed by atoms with van der Waals surface area (Å²) >= 11 is 0. The van der Waals surface area contributed by atoms with E-state index in [0.29, 0.717) is 0 Å². The van der Waals surface area contributed by atoms with Gasteiger partial charge in [-0.15, -0.1) is 0 Å². The standard InChI is InChI=1S/C21H27NO/c1-4-5-14-22(3)16-20-8-6-18(7-9-20)15-19-10-12-21(13-11-19)17(2)23/h6-13H,4-5,14-16H2,1-3H3. The van der Waals surface area contributed by atoms with Gasteiger partial charge < -0.3 is 4.90 Å². The normalized spacial score (nSPS) is 11.0. The number of hydrogen-bond acceptors (Lipinski definition) is 2. The van der Waals surface area contributed by atoms with Gasteiger partial charge in [0.15, 0.2) is 5.78 Å². The lowest BCUT2D eigenvalue weighted by Gasteiger charge is -2.16. The second-order valence-electron chi connectivity index (χ2n) is 6.34. The molecule has 0 heterocycles. The third-order valence-electron chi connectivity index (χ3n) is 4.14. The Morgan fingerprint density at radius 2 is 1.43 bits per heavy atom. The molecule has 122 valence electrons. The Kier molecular flexibility index (Phi) is 6.54. The lowest BCUT2D eigenvalue weighted by atomic mass is 10.0. The van der Waals surface area contributed by atoms with Gasteiger partial charge in [0.05, 0.1) is 0 Å². The minimum Gasteiger partial charge on any atom is -0.302 e. The smallest absolute Gasteiger partial charge is 0.159 e. The molecule has 2 rings (SSSR count). The molecule has 2 aromatic carbocycles. The van der Waals surface area contributed by atoms with Crippen molar-refractivity contribution < 1.29 is 4.79 Å². The van der Waals surface area contributed by atoms with Crippen molar-refractivity contribution in [2.45, 2.75) is 39.7 Å². The number of nitrogens with zero attached hydrogens (tertiary/aromatic N) is 1. The highest BCUT2D eigenvalue weighted by Gasteiger charge is 2.02. The first-order valence-corrected chi connectivity index (χ1v) is 8.44. The lowest BCUT2D eigenvalue weighted by molar-refractivity contribution is 0.101. The molecule has 0 spiro atoms. The van der Waals surface area contributed by atoms with Crippen LogP contribution in [0.15, 0.2) is 48.5 Å². The molecule has 0 amide bonds. The second kappa shape index (κ2) is 8.64. The minimum atomic E-state index is 0.119. The maximum absolute atomic E-state index is 11.3. The summed E-state index contributed by atoms with van der Waals surface area (Å²) in [6.45, 7) is 5.99. The number of Topliss-reactive ketones (excluding diaryl/α,β-unsaturated/α-hetero) is 1. The van der Waals surface area contributed by atoms with Gasteiger partial charge in [0.25, 0.3) is 0 Å².